The van der Waals surface area contributed by atoms with Crippen molar-refractivity contribution < 1.29 is 9.18 Å². The minimum atomic E-state index is -0.526. The first-order chi connectivity index (χ1) is 8.01. The van der Waals surface area contributed by atoms with E-state index in [2.05, 4.69) is 0 Å². The van der Waals surface area contributed by atoms with Gasteiger partial charge in [0, 0.05) is 18.8 Å². The Morgan fingerprint density at radius 3 is 2.53 bits per heavy atom. The Labute approximate surface area is 101 Å². The number of carbonyl (C=O) groups is 1. The van der Waals surface area contributed by atoms with Gasteiger partial charge in [0.05, 0.1) is 5.56 Å². The number of hydrogen-bond donors (Lipinski definition) is 1. The van der Waals surface area contributed by atoms with Crippen molar-refractivity contribution in [2.45, 2.75) is 32.7 Å². The highest BCUT2D eigenvalue weighted by Crippen LogP contribution is 2.16. The van der Waals surface area contributed by atoms with Gasteiger partial charge in [0.15, 0.2) is 0 Å². The van der Waals surface area contributed by atoms with Crippen LogP contribution in [0.2, 0.25) is 0 Å². The van der Waals surface area contributed by atoms with Crippen LogP contribution in [0.4, 0.5) is 10.1 Å². The molecule has 0 aliphatic carbocycles. The van der Waals surface area contributed by atoms with Gasteiger partial charge in [-0.3, -0.25) is 4.79 Å². The maximum Gasteiger partial charge on any atom is 0.256 e. The number of rotatable bonds is 4. The normalized spacial score (nSPS) is 10.6. The molecular formula is C13H19FN2O. The number of carbonyl (C=O) groups excluding carboxylic acids is 1. The van der Waals surface area contributed by atoms with E-state index in [1.165, 1.54) is 18.2 Å². The lowest BCUT2D eigenvalue weighted by molar-refractivity contribution is 0.0719. The number of nitrogens with two attached hydrogens (primary N) is 1. The molecule has 1 rings (SSSR count). The molecule has 0 unspecified atom stereocenters. The number of amides is 1. The lowest BCUT2D eigenvalue weighted by atomic mass is 10.1. The molecule has 0 fully saturated rings. The van der Waals surface area contributed by atoms with Crippen LogP contribution < -0.4 is 5.73 Å². The largest absolute Gasteiger partial charge is 0.399 e. The van der Waals surface area contributed by atoms with Crippen molar-refractivity contribution in [1.29, 1.82) is 0 Å². The molecule has 0 aliphatic rings. The van der Waals surface area contributed by atoms with Crippen molar-refractivity contribution in [2.75, 3.05) is 12.8 Å². The second kappa shape index (κ2) is 5.66. The molecule has 0 aromatic heterocycles. The summed E-state index contributed by atoms with van der Waals surface area (Å²) in [7, 11) is 1.70. The number of benzene rings is 1. The quantitative estimate of drug-likeness (QED) is 0.820. The van der Waals surface area contributed by atoms with Crippen LogP contribution in [-0.4, -0.2) is 23.9 Å². The summed E-state index contributed by atoms with van der Waals surface area (Å²) < 4.78 is 13.5. The standard InChI is InChI=1S/C13H19FN2O/c1-4-10(5-2)16(3)13(17)11-8-9(15)6-7-12(11)14/h6-8,10H,4-5,15H2,1-3H3. The summed E-state index contributed by atoms with van der Waals surface area (Å²) >= 11 is 0. The smallest absolute Gasteiger partial charge is 0.256 e. The molecule has 1 aromatic carbocycles. The van der Waals surface area contributed by atoms with Crippen molar-refractivity contribution >= 4 is 11.6 Å². The van der Waals surface area contributed by atoms with Gasteiger partial charge in [-0.25, -0.2) is 4.39 Å². The fourth-order valence-electron chi connectivity index (χ4n) is 1.90. The van der Waals surface area contributed by atoms with Crippen molar-refractivity contribution in [3.05, 3.63) is 29.6 Å². The lowest BCUT2D eigenvalue weighted by Crippen LogP contribution is -2.36. The van der Waals surface area contributed by atoms with E-state index in [1.54, 1.807) is 11.9 Å². The second-order valence-corrected chi connectivity index (χ2v) is 4.13. The zero-order valence-corrected chi connectivity index (χ0v) is 10.5. The van der Waals surface area contributed by atoms with Crippen LogP contribution in [0, 0.1) is 5.82 Å². The Bertz CT molecular complexity index is 402. The van der Waals surface area contributed by atoms with E-state index in [1.807, 2.05) is 13.8 Å². The Morgan fingerprint density at radius 2 is 2.00 bits per heavy atom. The number of anilines is 1. The molecule has 0 heterocycles. The molecule has 1 aromatic rings. The Balaban J connectivity index is 2.99. The molecular weight excluding hydrogens is 219 g/mol. The number of hydrogen-bond acceptors (Lipinski definition) is 2. The van der Waals surface area contributed by atoms with Crippen LogP contribution >= 0.6 is 0 Å². The number of nitrogens with zero attached hydrogens (tertiary/aromatic N) is 1. The van der Waals surface area contributed by atoms with Crippen molar-refractivity contribution in [3.8, 4) is 0 Å². The van der Waals surface area contributed by atoms with Crippen LogP contribution in [0.25, 0.3) is 0 Å². The molecule has 0 saturated carbocycles. The summed E-state index contributed by atoms with van der Waals surface area (Å²) in [6.07, 6.45) is 1.70. The van der Waals surface area contributed by atoms with Gasteiger partial charge in [0.2, 0.25) is 0 Å². The third kappa shape index (κ3) is 2.96. The average molecular weight is 238 g/mol. The SMILES string of the molecule is CCC(CC)N(C)C(=O)c1cc(N)ccc1F. The third-order valence-corrected chi connectivity index (χ3v) is 3.03. The Hall–Kier alpha value is -1.58. The topological polar surface area (TPSA) is 46.3 Å². The predicted molar refractivity (Wildman–Crippen MR) is 67.3 cm³/mol. The van der Waals surface area contributed by atoms with Crippen LogP contribution in [0.3, 0.4) is 0 Å². The van der Waals surface area contributed by atoms with Crippen LogP contribution in [0.5, 0.6) is 0 Å². The van der Waals surface area contributed by atoms with Gasteiger partial charge >= 0.3 is 0 Å². The fraction of sp³-hybridized carbons (Fsp3) is 0.462. The third-order valence-electron chi connectivity index (χ3n) is 3.03. The molecule has 0 saturated heterocycles. The molecule has 94 valence electrons. The second-order valence-electron chi connectivity index (χ2n) is 4.13. The summed E-state index contributed by atoms with van der Waals surface area (Å²) in [5.41, 5.74) is 6.01. The van der Waals surface area contributed by atoms with Gasteiger partial charge < -0.3 is 10.6 Å². The zero-order valence-electron chi connectivity index (χ0n) is 10.5. The number of nitrogen functional groups attached to an aromatic ring is 1. The summed E-state index contributed by atoms with van der Waals surface area (Å²) in [5.74, 6) is -0.842. The maximum atomic E-state index is 13.5. The Morgan fingerprint density at radius 1 is 1.41 bits per heavy atom. The maximum absolute atomic E-state index is 13.5. The monoisotopic (exact) mass is 238 g/mol. The van der Waals surface area contributed by atoms with Crippen molar-refractivity contribution in [1.82, 2.24) is 4.90 Å². The minimum absolute atomic E-state index is 0.0411. The summed E-state index contributed by atoms with van der Waals surface area (Å²) in [5, 5.41) is 0. The van der Waals surface area contributed by atoms with E-state index in [0.29, 0.717) is 5.69 Å². The molecule has 0 aliphatic heterocycles. The van der Waals surface area contributed by atoms with Crippen molar-refractivity contribution in [2.24, 2.45) is 0 Å². The highest BCUT2D eigenvalue weighted by molar-refractivity contribution is 5.95. The highest BCUT2D eigenvalue weighted by Gasteiger charge is 2.21. The summed E-state index contributed by atoms with van der Waals surface area (Å²) in [4.78, 5) is 13.7. The highest BCUT2D eigenvalue weighted by atomic mass is 19.1. The fourth-order valence-corrected chi connectivity index (χ4v) is 1.90. The van der Waals surface area contributed by atoms with Gasteiger partial charge in [0.1, 0.15) is 5.82 Å². The van der Waals surface area contributed by atoms with Gasteiger partial charge in [-0.05, 0) is 31.0 Å². The first-order valence-electron chi connectivity index (χ1n) is 5.83. The van der Waals surface area contributed by atoms with E-state index in [-0.39, 0.29) is 17.5 Å². The first-order valence-corrected chi connectivity index (χ1v) is 5.83. The molecule has 3 nitrogen and oxygen atoms in total. The van der Waals surface area contributed by atoms with E-state index in [4.69, 9.17) is 5.73 Å². The minimum Gasteiger partial charge on any atom is -0.399 e. The summed E-state index contributed by atoms with van der Waals surface area (Å²) in [6.45, 7) is 4.02. The van der Waals surface area contributed by atoms with Crippen LogP contribution in [0.1, 0.15) is 37.0 Å². The molecule has 0 spiro atoms. The van der Waals surface area contributed by atoms with Crippen molar-refractivity contribution in [3.63, 3.8) is 0 Å². The lowest BCUT2D eigenvalue weighted by Gasteiger charge is -2.26. The molecule has 0 radical (unpaired) electrons. The molecule has 17 heavy (non-hydrogen) atoms. The van der Waals surface area contributed by atoms with E-state index < -0.39 is 5.82 Å². The van der Waals surface area contributed by atoms with Gasteiger partial charge in [-0.2, -0.15) is 0 Å². The Kier molecular flexibility index (Phi) is 4.49. The molecule has 0 atom stereocenters. The zero-order chi connectivity index (χ0) is 13.0. The molecule has 4 heteroatoms. The molecule has 1 amide bonds. The average Bonchev–Trinajstić information content (AvgIpc) is 2.32. The molecule has 2 N–H and O–H groups in total. The van der Waals surface area contributed by atoms with E-state index in [9.17, 15) is 9.18 Å². The van der Waals surface area contributed by atoms with Gasteiger partial charge in [-0.15, -0.1) is 0 Å². The number of halogens is 1. The van der Waals surface area contributed by atoms with Crippen LogP contribution in [-0.2, 0) is 0 Å². The van der Waals surface area contributed by atoms with E-state index >= 15 is 0 Å². The van der Waals surface area contributed by atoms with Crippen LogP contribution in [0.15, 0.2) is 18.2 Å². The first kappa shape index (κ1) is 13.5. The summed E-state index contributed by atoms with van der Waals surface area (Å²) in [6, 6.07) is 4.19. The van der Waals surface area contributed by atoms with Gasteiger partial charge in [0.25, 0.3) is 5.91 Å². The van der Waals surface area contributed by atoms with E-state index in [0.717, 1.165) is 12.8 Å². The van der Waals surface area contributed by atoms with Gasteiger partial charge in [-0.1, -0.05) is 13.8 Å². The predicted octanol–water partition coefficient (Wildman–Crippen LogP) is 2.67. The molecule has 0 bridgehead atoms.